The Labute approximate surface area is 125 Å². The molecule has 22 heavy (non-hydrogen) atoms. The highest BCUT2D eigenvalue weighted by Gasteiger charge is 2.35. The molecule has 2 aromatic heterocycles. The Hall–Kier alpha value is -2.03. The van der Waals surface area contributed by atoms with E-state index in [1.807, 2.05) is 0 Å². The van der Waals surface area contributed by atoms with E-state index in [4.69, 9.17) is 9.84 Å². The van der Waals surface area contributed by atoms with E-state index >= 15 is 0 Å². The van der Waals surface area contributed by atoms with Crippen LogP contribution in [0.3, 0.4) is 0 Å². The number of aromatic nitrogens is 3. The number of rotatable bonds is 4. The fraction of sp³-hybridized carbons (Fsp3) is 0.500. The summed E-state index contributed by atoms with van der Waals surface area (Å²) in [5, 5.41) is 18.9. The molecule has 3 rings (SSSR count). The Kier molecular flexibility index (Phi) is 3.81. The lowest BCUT2D eigenvalue weighted by molar-refractivity contribution is -0.116. The van der Waals surface area contributed by atoms with Crippen LogP contribution in [0.15, 0.2) is 23.3 Å². The van der Waals surface area contributed by atoms with Crippen molar-refractivity contribution in [3.63, 3.8) is 0 Å². The smallest absolute Gasteiger partial charge is 0.336 e. The predicted molar refractivity (Wildman–Crippen MR) is 75.5 cm³/mol. The molecule has 8 heteroatoms. The molecule has 0 bridgehead atoms. The third kappa shape index (κ3) is 2.45. The summed E-state index contributed by atoms with van der Waals surface area (Å²) in [7, 11) is 0. The molecule has 1 saturated heterocycles. The number of aliphatic hydroxyl groups is 2. The minimum atomic E-state index is -0.822. The molecule has 1 aliphatic rings. The third-order valence-corrected chi connectivity index (χ3v) is 3.78. The van der Waals surface area contributed by atoms with Gasteiger partial charge >= 0.3 is 5.69 Å². The Morgan fingerprint density at radius 3 is 2.95 bits per heavy atom. The molecular formula is C14H17N3O5. The van der Waals surface area contributed by atoms with Gasteiger partial charge in [-0.2, -0.15) is 0 Å². The Balaban J connectivity index is 2.03. The summed E-state index contributed by atoms with van der Waals surface area (Å²) in [6.45, 7) is 1.14. The number of fused-ring (bicyclic) bond motifs is 1. The van der Waals surface area contributed by atoms with Crippen molar-refractivity contribution in [1.82, 2.24) is 14.0 Å². The molecule has 3 heterocycles. The quantitative estimate of drug-likeness (QED) is 0.771. The second-order valence-corrected chi connectivity index (χ2v) is 5.44. The average molecular weight is 307 g/mol. The van der Waals surface area contributed by atoms with Crippen LogP contribution in [0.2, 0.25) is 0 Å². The van der Waals surface area contributed by atoms with Gasteiger partial charge in [-0.15, -0.1) is 0 Å². The van der Waals surface area contributed by atoms with E-state index in [-0.39, 0.29) is 30.9 Å². The molecule has 0 aromatic carbocycles. The summed E-state index contributed by atoms with van der Waals surface area (Å²) in [6.07, 6.45) is 1.20. The van der Waals surface area contributed by atoms with Crippen molar-refractivity contribution in [1.29, 1.82) is 0 Å². The van der Waals surface area contributed by atoms with Crippen molar-refractivity contribution in [3.05, 3.63) is 34.6 Å². The highest BCUT2D eigenvalue weighted by Crippen LogP contribution is 2.27. The van der Waals surface area contributed by atoms with Gasteiger partial charge in [-0.25, -0.2) is 14.2 Å². The normalized spacial score (nSPS) is 25.0. The molecule has 0 amide bonds. The van der Waals surface area contributed by atoms with Gasteiger partial charge in [0.15, 0.2) is 0 Å². The summed E-state index contributed by atoms with van der Waals surface area (Å²) in [5.41, 5.74) is 0.580. The van der Waals surface area contributed by atoms with E-state index in [2.05, 4.69) is 4.98 Å². The van der Waals surface area contributed by atoms with E-state index < -0.39 is 18.4 Å². The van der Waals surface area contributed by atoms with Crippen LogP contribution < -0.4 is 5.69 Å². The largest absolute Gasteiger partial charge is 0.394 e. The van der Waals surface area contributed by atoms with Gasteiger partial charge in [-0.3, -0.25) is 9.36 Å². The topological polar surface area (TPSA) is 106 Å². The number of ketones is 1. The Morgan fingerprint density at radius 1 is 1.55 bits per heavy atom. The molecular weight excluding hydrogens is 290 g/mol. The first-order valence-corrected chi connectivity index (χ1v) is 7.02. The zero-order valence-corrected chi connectivity index (χ0v) is 12.0. The van der Waals surface area contributed by atoms with Crippen LogP contribution in [0.5, 0.6) is 0 Å². The maximum Gasteiger partial charge on any atom is 0.336 e. The number of carbonyl (C=O) groups is 1. The predicted octanol–water partition coefficient (Wildman–Crippen LogP) is -0.732. The molecule has 1 fully saturated rings. The van der Waals surface area contributed by atoms with Gasteiger partial charge in [0.25, 0.3) is 0 Å². The van der Waals surface area contributed by atoms with Crippen LogP contribution in [0.4, 0.5) is 0 Å². The maximum atomic E-state index is 12.6. The molecule has 0 aliphatic carbocycles. The monoisotopic (exact) mass is 307 g/mol. The molecule has 3 atom stereocenters. The van der Waals surface area contributed by atoms with Crippen molar-refractivity contribution in [2.24, 2.45) is 0 Å². The number of hydrogen-bond donors (Lipinski definition) is 2. The molecule has 0 radical (unpaired) electrons. The van der Waals surface area contributed by atoms with Crippen molar-refractivity contribution >= 4 is 11.4 Å². The number of hydrogen-bond acceptors (Lipinski definition) is 6. The molecule has 0 saturated carbocycles. The standard InChI is InChI=1S/C14H17N3O5/c1-8(19)4-9-6-15-12-2-3-16(14(21)17(9)12)13-5-10(20)11(7-18)22-13/h2-3,6,10-11,13,18,20H,4-5,7H2,1H3/t10-,11+,13+/m0/s1. The van der Waals surface area contributed by atoms with E-state index in [9.17, 15) is 14.7 Å². The summed E-state index contributed by atoms with van der Waals surface area (Å²) >= 11 is 0. The first-order chi connectivity index (χ1) is 10.5. The second kappa shape index (κ2) is 5.64. The number of nitrogens with zero attached hydrogens (tertiary/aromatic N) is 3. The van der Waals surface area contributed by atoms with Crippen LogP contribution in [0.25, 0.3) is 5.65 Å². The van der Waals surface area contributed by atoms with Crippen molar-refractivity contribution in [2.45, 2.75) is 38.2 Å². The molecule has 8 nitrogen and oxygen atoms in total. The SMILES string of the molecule is CC(=O)Cc1cnc2ccn([C@H]3C[C@H](O)[C@@H](CO)O3)c(=O)n12. The van der Waals surface area contributed by atoms with E-state index in [1.165, 1.54) is 22.1 Å². The second-order valence-electron chi connectivity index (χ2n) is 5.44. The highest BCUT2D eigenvalue weighted by atomic mass is 16.5. The lowest BCUT2D eigenvalue weighted by Crippen LogP contribution is -2.31. The maximum absolute atomic E-state index is 12.6. The van der Waals surface area contributed by atoms with E-state index in [0.29, 0.717) is 11.3 Å². The van der Waals surface area contributed by atoms with E-state index in [1.54, 1.807) is 12.3 Å². The lowest BCUT2D eigenvalue weighted by Gasteiger charge is -2.15. The third-order valence-electron chi connectivity index (χ3n) is 3.78. The van der Waals surface area contributed by atoms with Crippen molar-refractivity contribution in [2.75, 3.05) is 6.61 Å². The van der Waals surface area contributed by atoms with Crippen molar-refractivity contribution < 1.29 is 19.7 Å². The molecule has 1 aliphatic heterocycles. The fourth-order valence-corrected chi connectivity index (χ4v) is 2.72. The molecule has 0 spiro atoms. The minimum Gasteiger partial charge on any atom is -0.394 e. The Bertz CT molecular complexity index is 765. The van der Waals surface area contributed by atoms with Crippen molar-refractivity contribution in [3.8, 4) is 0 Å². The van der Waals surface area contributed by atoms with Gasteiger partial charge in [0, 0.05) is 25.2 Å². The summed E-state index contributed by atoms with van der Waals surface area (Å²) in [6, 6.07) is 1.65. The first-order valence-electron chi connectivity index (χ1n) is 7.02. The first kappa shape index (κ1) is 14.9. The summed E-state index contributed by atoms with van der Waals surface area (Å²) < 4.78 is 8.21. The molecule has 118 valence electrons. The molecule has 2 N–H and O–H groups in total. The van der Waals surface area contributed by atoms with Gasteiger partial charge in [0.2, 0.25) is 0 Å². The number of aliphatic hydroxyl groups excluding tert-OH is 2. The van der Waals surface area contributed by atoms with Gasteiger partial charge in [0.05, 0.1) is 18.4 Å². The molecule has 2 aromatic rings. The van der Waals surface area contributed by atoms with Gasteiger partial charge in [-0.1, -0.05) is 0 Å². The van der Waals surface area contributed by atoms with E-state index in [0.717, 1.165) is 0 Å². The van der Waals surface area contributed by atoms with Gasteiger partial charge in [0.1, 0.15) is 23.8 Å². The Morgan fingerprint density at radius 2 is 2.32 bits per heavy atom. The summed E-state index contributed by atoms with van der Waals surface area (Å²) in [4.78, 5) is 28.0. The van der Waals surface area contributed by atoms with Gasteiger partial charge < -0.3 is 14.9 Å². The zero-order chi connectivity index (χ0) is 15.9. The van der Waals surface area contributed by atoms with Crippen LogP contribution in [0.1, 0.15) is 25.3 Å². The zero-order valence-electron chi connectivity index (χ0n) is 12.0. The van der Waals surface area contributed by atoms with Gasteiger partial charge in [-0.05, 0) is 13.0 Å². The highest BCUT2D eigenvalue weighted by molar-refractivity contribution is 5.77. The number of carbonyl (C=O) groups excluding carboxylic acids is 1. The van der Waals surface area contributed by atoms with Crippen LogP contribution in [0, 0.1) is 0 Å². The van der Waals surface area contributed by atoms with Crippen LogP contribution >= 0.6 is 0 Å². The molecule has 0 unspecified atom stereocenters. The average Bonchev–Trinajstić information content (AvgIpc) is 3.03. The number of imidazole rings is 1. The number of ether oxygens (including phenoxy) is 1. The van der Waals surface area contributed by atoms with Crippen LogP contribution in [-0.2, 0) is 16.0 Å². The minimum absolute atomic E-state index is 0.0653. The number of Topliss-reactive ketones (excluding diaryl/α,β-unsaturated/α-hetero) is 1. The van der Waals surface area contributed by atoms with Crippen LogP contribution in [-0.4, -0.2) is 48.8 Å². The fourth-order valence-electron chi connectivity index (χ4n) is 2.72. The lowest BCUT2D eigenvalue weighted by atomic mass is 10.2. The summed E-state index contributed by atoms with van der Waals surface area (Å²) in [5.74, 6) is -0.0653.